The molecule has 0 aromatic rings. The standard InChI is InChI=1S/C12H22N2O4/c1-3-5-9(11(15)16)14-12(17)13-8-6-4-7-10(8)18-2/h8-10H,3-7H2,1-2H3,(H,15,16)(H2,13,14,17)/t8?,9-,10?/m1/s1. The Balaban J connectivity index is 2.42. The Kier molecular flexibility index (Phi) is 5.91. The summed E-state index contributed by atoms with van der Waals surface area (Å²) in [5.74, 6) is -0.998. The normalized spacial score (nSPS) is 24.6. The second-order valence-electron chi connectivity index (χ2n) is 4.61. The predicted molar refractivity (Wildman–Crippen MR) is 66.4 cm³/mol. The largest absolute Gasteiger partial charge is 0.480 e. The molecule has 0 aliphatic heterocycles. The number of carbonyl (C=O) groups excluding carboxylic acids is 1. The maximum atomic E-state index is 11.7. The van der Waals surface area contributed by atoms with Gasteiger partial charge in [0, 0.05) is 7.11 Å². The molecule has 0 bridgehead atoms. The number of rotatable bonds is 6. The molecular formula is C12H22N2O4. The van der Waals surface area contributed by atoms with Gasteiger partial charge in [-0.3, -0.25) is 0 Å². The fourth-order valence-corrected chi connectivity index (χ4v) is 2.29. The van der Waals surface area contributed by atoms with Crippen LogP contribution in [0.3, 0.4) is 0 Å². The number of urea groups is 1. The Bertz CT molecular complexity index is 296. The SMILES string of the molecule is CCC[C@@H](NC(=O)NC1CCCC1OC)C(=O)O. The summed E-state index contributed by atoms with van der Waals surface area (Å²) in [7, 11) is 1.62. The van der Waals surface area contributed by atoms with Gasteiger partial charge in [-0.1, -0.05) is 13.3 Å². The van der Waals surface area contributed by atoms with Crippen LogP contribution in [0.1, 0.15) is 39.0 Å². The first-order valence-electron chi connectivity index (χ1n) is 6.41. The molecule has 6 nitrogen and oxygen atoms in total. The first-order chi connectivity index (χ1) is 8.58. The van der Waals surface area contributed by atoms with Gasteiger partial charge in [-0.25, -0.2) is 9.59 Å². The molecule has 18 heavy (non-hydrogen) atoms. The summed E-state index contributed by atoms with van der Waals surface area (Å²) in [6.45, 7) is 1.88. The third-order valence-electron chi connectivity index (χ3n) is 3.25. The molecule has 0 heterocycles. The molecule has 1 aliphatic rings. The number of methoxy groups -OCH3 is 1. The molecule has 1 saturated carbocycles. The first kappa shape index (κ1) is 14.8. The molecule has 104 valence electrons. The maximum Gasteiger partial charge on any atom is 0.326 e. The van der Waals surface area contributed by atoms with Crippen molar-refractivity contribution in [3.8, 4) is 0 Å². The lowest BCUT2D eigenvalue weighted by atomic mass is 10.2. The van der Waals surface area contributed by atoms with E-state index in [2.05, 4.69) is 10.6 Å². The third kappa shape index (κ3) is 4.18. The Labute approximate surface area is 107 Å². The van der Waals surface area contributed by atoms with Gasteiger partial charge < -0.3 is 20.5 Å². The minimum absolute atomic E-state index is 0.0222. The lowest BCUT2D eigenvalue weighted by molar-refractivity contribution is -0.139. The zero-order valence-corrected chi connectivity index (χ0v) is 10.9. The van der Waals surface area contributed by atoms with Crippen molar-refractivity contribution < 1.29 is 19.4 Å². The number of amides is 2. The van der Waals surface area contributed by atoms with Gasteiger partial charge >= 0.3 is 12.0 Å². The van der Waals surface area contributed by atoms with Crippen molar-refractivity contribution in [3.05, 3.63) is 0 Å². The minimum Gasteiger partial charge on any atom is -0.480 e. The summed E-state index contributed by atoms with van der Waals surface area (Å²) in [5, 5.41) is 14.2. The molecule has 2 unspecified atom stereocenters. The van der Waals surface area contributed by atoms with Gasteiger partial charge in [0.1, 0.15) is 6.04 Å². The maximum absolute atomic E-state index is 11.7. The number of carboxylic acids is 1. The molecule has 0 aromatic heterocycles. The van der Waals surface area contributed by atoms with Crippen molar-refractivity contribution in [2.45, 2.75) is 57.2 Å². The summed E-state index contributed by atoms with van der Waals surface area (Å²) in [5.41, 5.74) is 0. The molecule has 1 fully saturated rings. The van der Waals surface area contributed by atoms with E-state index in [1.165, 1.54) is 0 Å². The van der Waals surface area contributed by atoms with Crippen LogP contribution in [0, 0.1) is 0 Å². The summed E-state index contributed by atoms with van der Waals surface area (Å²) in [6, 6.07) is -1.27. The van der Waals surface area contributed by atoms with Crippen molar-refractivity contribution in [2.75, 3.05) is 7.11 Å². The molecule has 0 saturated heterocycles. The zero-order chi connectivity index (χ0) is 13.5. The Morgan fingerprint density at radius 1 is 1.44 bits per heavy atom. The van der Waals surface area contributed by atoms with Gasteiger partial charge in [0.15, 0.2) is 0 Å². The fourth-order valence-electron chi connectivity index (χ4n) is 2.29. The number of nitrogens with one attached hydrogen (secondary N) is 2. The van der Waals surface area contributed by atoms with Crippen molar-refractivity contribution in [3.63, 3.8) is 0 Å². The third-order valence-corrected chi connectivity index (χ3v) is 3.25. The van der Waals surface area contributed by atoms with E-state index < -0.39 is 18.0 Å². The van der Waals surface area contributed by atoms with Gasteiger partial charge in [0.2, 0.25) is 0 Å². The van der Waals surface area contributed by atoms with Gasteiger partial charge in [0.05, 0.1) is 12.1 Å². The average Bonchev–Trinajstić information content (AvgIpc) is 2.75. The monoisotopic (exact) mass is 258 g/mol. The molecule has 0 aromatic carbocycles. The van der Waals surface area contributed by atoms with Gasteiger partial charge in [-0.2, -0.15) is 0 Å². The number of hydrogen-bond acceptors (Lipinski definition) is 3. The highest BCUT2D eigenvalue weighted by atomic mass is 16.5. The summed E-state index contributed by atoms with van der Waals surface area (Å²) in [6.07, 6.45) is 3.99. The van der Waals surface area contributed by atoms with Crippen LogP contribution in [0.15, 0.2) is 0 Å². The Hall–Kier alpha value is -1.30. The van der Waals surface area contributed by atoms with E-state index in [1.54, 1.807) is 7.11 Å². The number of hydrogen-bond donors (Lipinski definition) is 3. The van der Waals surface area contributed by atoms with Crippen molar-refractivity contribution in [1.29, 1.82) is 0 Å². The van der Waals surface area contributed by atoms with E-state index in [-0.39, 0.29) is 12.1 Å². The molecule has 0 radical (unpaired) electrons. The topological polar surface area (TPSA) is 87.7 Å². The van der Waals surface area contributed by atoms with E-state index in [1.807, 2.05) is 6.92 Å². The van der Waals surface area contributed by atoms with Crippen LogP contribution in [0.2, 0.25) is 0 Å². The van der Waals surface area contributed by atoms with Crippen LogP contribution in [-0.2, 0) is 9.53 Å². The quantitative estimate of drug-likeness (QED) is 0.666. The fraction of sp³-hybridized carbons (Fsp3) is 0.833. The van der Waals surface area contributed by atoms with E-state index in [0.717, 1.165) is 19.3 Å². The highest BCUT2D eigenvalue weighted by Crippen LogP contribution is 2.21. The molecule has 2 amide bonds. The van der Waals surface area contributed by atoms with Gasteiger partial charge in [-0.15, -0.1) is 0 Å². The van der Waals surface area contributed by atoms with Gasteiger partial charge in [0.25, 0.3) is 0 Å². The van der Waals surface area contributed by atoms with Crippen molar-refractivity contribution in [1.82, 2.24) is 10.6 Å². The minimum atomic E-state index is -0.998. The highest BCUT2D eigenvalue weighted by molar-refractivity contribution is 5.82. The van der Waals surface area contributed by atoms with E-state index in [4.69, 9.17) is 9.84 Å². The van der Waals surface area contributed by atoms with Gasteiger partial charge in [-0.05, 0) is 25.7 Å². The number of ether oxygens (including phenoxy) is 1. The summed E-state index contributed by atoms with van der Waals surface area (Å²) in [4.78, 5) is 22.6. The van der Waals surface area contributed by atoms with Crippen LogP contribution >= 0.6 is 0 Å². The Morgan fingerprint density at radius 2 is 2.17 bits per heavy atom. The van der Waals surface area contributed by atoms with Crippen LogP contribution in [0.5, 0.6) is 0 Å². The van der Waals surface area contributed by atoms with Crippen molar-refractivity contribution >= 4 is 12.0 Å². The molecule has 3 atom stereocenters. The highest BCUT2D eigenvalue weighted by Gasteiger charge is 2.29. The van der Waals surface area contributed by atoms with Crippen molar-refractivity contribution in [2.24, 2.45) is 0 Å². The summed E-state index contributed by atoms with van der Waals surface area (Å²) >= 11 is 0. The lowest BCUT2D eigenvalue weighted by Gasteiger charge is -2.21. The lowest BCUT2D eigenvalue weighted by Crippen LogP contribution is -2.50. The van der Waals surface area contributed by atoms with Crippen LogP contribution < -0.4 is 10.6 Å². The van der Waals surface area contributed by atoms with Crippen LogP contribution in [0.4, 0.5) is 4.79 Å². The zero-order valence-electron chi connectivity index (χ0n) is 10.9. The number of aliphatic carboxylic acids is 1. The number of carbonyl (C=O) groups is 2. The number of carboxylic acid groups (broad SMARTS) is 1. The van der Waals surface area contributed by atoms with E-state index in [9.17, 15) is 9.59 Å². The second-order valence-corrected chi connectivity index (χ2v) is 4.61. The summed E-state index contributed by atoms with van der Waals surface area (Å²) < 4.78 is 5.27. The Morgan fingerprint density at radius 3 is 2.72 bits per heavy atom. The molecule has 0 spiro atoms. The predicted octanol–water partition coefficient (Wildman–Crippen LogP) is 1.11. The van der Waals surface area contributed by atoms with Crippen LogP contribution in [0.25, 0.3) is 0 Å². The molecular weight excluding hydrogens is 236 g/mol. The van der Waals surface area contributed by atoms with Crippen LogP contribution in [-0.4, -0.2) is 42.4 Å². The average molecular weight is 258 g/mol. The molecule has 1 rings (SSSR count). The van der Waals surface area contributed by atoms with E-state index in [0.29, 0.717) is 12.8 Å². The second kappa shape index (κ2) is 7.20. The molecule has 6 heteroatoms. The smallest absolute Gasteiger partial charge is 0.326 e. The molecule has 1 aliphatic carbocycles. The van der Waals surface area contributed by atoms with E-state index >= 15 is 0 Å². The molecule has 3 N–H and O–H groups in total. The first-order valence-corrected chi connectivity index (χ1v) is 6.41.